The lowest BCUT2D eigenvalue weighted by Gasteiger charge is -2.10. The van der Waals surface area contributed by atoms with Crippen molar-refractivity contribution in [1.82, 2.24) is 15.1 Å². The fourth-order valence-corrected chi connectivity index (χ4v) is 2.28. The van der Waals surface area contributed by atoms with Gasteiger partial charge in [0.05, 0.1) is 11.3 Å². The summed E-state index contributed by atoms with van der Waals surface area (Å²) < 4.78 is 5.24. The van der Waals surface area contributed by atoms with Crippen LogP contribution in [0.4, 0.5) is 5.82 Å². The van der Waals surface area contributed by atoms with Crippen molar-refractivity contribution in [3.05, 3.63) is 23.2 Å². The monoisotopic (exact) mass is 288 g/mol. The average Bonchev–Trinajstić information content (AvgIpc) is 2.75. The number of aromatic nitrogens is 3. The number of nitrogens with one attached hydrogen (secondary N) is 1. The summed E-state index contributed by atoms with van der Waals surface area (Å²) in [5, 5.41) is 7.35. The molecule has 5 heteroatoms. The molecule has 2 heterocycles. The molecule has 0 aliphatic rings. The molecular formula is C16H24N4O. The zero-order valence-corrected chi connectivity index (χ0v) is 13.5. The zero-order valence-electron chi connectivity index (χ0n) is 13.5. The summed E-state index contributed by atoms with van der Waals surface area (Å²) in [5.74, 6) is 2.88. The van der Waals surface area contributed by atoms with Crippen LogP contribution >= 0.6 is 0 Å². The molecular weight excluding hydrogens is 264 g/mol. The first kappa shape index (κ1) is 15.5. The molecule has 0 radical (unpaired) electrons. The second-order valence-corrected chi connectivity index (χ2v) is 5.79. The van der Waals surface area contributed by atoms with Crippen LogP contribution in [-0.4, -0.2) is 21.7 Å². The van der Waals surface area contributed by atoms with E-state index in [9.17, 15) is 0 Å². The van der Waals surface area contributed by atoms with E-state index in [-0.39, 0.29) is 0 Å². The van der Waals surface area contributed by atoms with E-state index < -0.39 is 0 Å². The third-order valence-electron chi connectivity index (χ3n) is 3.21. The molecule has 114 valence electrons. The summed E-state index contributed by atoms with van der Waals surface area (Å²) >= 11 is 0. The highest BCUT2D eigenvalue weighted by atomic mass is 16.5. The summed E-state index contributed by atoms with van der Waals surface area (Å²) in [5.41, 5.74) is 2.78. The van der Waals surface area contributed by atoms with E-state index in [1.807, 2.05) is 19.9 Å². The maximum atomic E-state index is 5.24. The summed E-state index contributed by atoms with van der Waals surface area (Å²) in [6, 6.07) is 2.04. The lowest BCUT2D eigenvalue weighted by atomic mass is 10.1. The Morgan fingerprint density at radius 1 is 1.24 bits per heavy atom. The average molecular weight is 288 g/mol. The van der Waals surface area contributed by atoms with Crippen LogP contribution in [0.5, 0.6) is 0 Å². The van der Waals surface area contributed by atoms with Crippen LogP contribution in [0.3, 0.4) is 0 Å². The maximum Gasteiger partial charge on any atom is 0.167 e. The topological polar surface area (TPSA) is 63.8 Å². The van der Waals surface area contributed by atoms with Gasteiger partial charge in [0.25, 0.3) is 0 Å². The van der Waals surface area contributed by atoms with Crippen molar-refractivity contribution >= 4 is 5.82 Å². The molecule has 0 bridgehead atoms. The summed E-state index contributed by atoms with van der Waals surface area (Å²) in [6.45, 7) is 11.2. The molecule has 0 unspecified atom stereocenters. The fraction of sp³-hybridized carbons (Fsp3) is 0.562. The zero-order chi connectivity index (χ0) is 15.4. The number of anilines is 1. The highest BCUT2D eigenvalue weighted by Gasteiger charge is 2.16. The first-order valence-electron chi connectivity index (χ1n) is 7.56. The lowest BCUT2D eigenvalue weighted by molar-refractivity contribution is 0.393. The normalized spacial score (nSPS) is 11.1. The van der Waals surface area contributed by atoms with Crippen molar-refractivity contribution in [2.24, 2.45) is 5.92 Å². The van der Waals surface area contributed by atoms with E-state index in [0.717, 1.165) is 47.9 Å². The van der Waals surface area contributed by atoms with E-state index in [0.29, 0.717) is 11.7 Å². The van der Waals surface area contributed by atoms with Gasteiger partial charge in [0.2, 0.25) is 0 Å². The second kappa shape index (κ2) is 6.70. The highest BCUT2D eigenvalue weighted by molar-refractivity contribution is 5.62. The third-order valence-corrected chi connectivity index (χ3v) is 3.21. The van der Waals surface area contributed by atoms with Gasteiger partial charge in [-0.05, 0) is 32.6 Å². The molecule has 0 aliphatic heterocycles. The quantitative estimate of drug-likeness (QED) is 0.876. The molecule has 21 heavy (non-hydrogen) atoms. The Hall–Kier alpha value is -1.91. The molecule has 2 rings (SSSR count). The summed E-state index contributed by atoms with van der Waals surface area (Å²) in [6.07, 6.45) is 1.99. The van der Waals surface area contributed by atoms with E-state index >= 15 is 0 Å². The Bertz CT molecular complexity index is 585. The highest BCUT2D eigenvalue weighted by Crippen LogP contribution is 2.25. The Morgan fingerprint density at radius 2 is 2.00 bits per heavy atom. The van der Waals surface area contributed by atoms with Gasteiger partial charge < -0.3 is 9.84 Å². The van der Waals surface area contributed by atoms with Crippen LogP contribution in [0.1, 0.15) is 44.3 Å². The van der Waals surface area contributed by atoms with Gasteiger partial charge in [-0.25, -0.2) is 9.97 Å². The number of nitrogens with zero attached hydrogens (tertiary/aromatic N) is 3. The van der Waals surface area contributed by atoms with Gasteiger partial charge in [0.1, 0.15) is 11.6 Å². The van der Waals surface area contributed by atoms with Gasteiger partial charge in [0.15, 0.2) is 5.82 Å². The Balaban J connectivity index is 2.44. The van der Waals surface area contributed by atoms with Crippen LogP contribution in [0, 0.1) is 19.8 Å². The van der Waals surface area contributed by atoms with Crippen LogP contribution in [0.25, 0.3) is 11.4 Å². The third kappa shape index (κ3) is 3.80. The van der Waals surface area contributed by atoms with Crippen molar-refractivity contribution in [3.8, 4) is 11.4 Å². The minimum Gasteiger partial charge on any atom is -0.370 e. The van der Waals surface area contributed by atoms with Gasteiger partial charge in [-0.3, -0.25) is 0 Å². The van der Waals surface area contributed by atoms with Gasteiger partial charge in [-0.15, -0.1) is 0 Å². The summed E-state index contributed by atoms with van der Waals surface area (Å²) in [7, 11) is 0. The molecule has 0 saturated carbocycles. The standard InChI is InChI=1S/C16H24N4O/c1-6-7-17-14-9-13(8-10(2)3)18-16(19-14)15-11(4)20-21-12(15)5/h9-10H,6-8H2,1-5H3,(H,17,18,19). The molecule has 2 aromatic heterocycles. The van der Waals surface area contributed by atoms with Crippen molar-refractivity contribution in [1.29, 1.82) is 0 Å². The van der Waals surface area contributed by atoms with Crippen LogP contribution in [0.2, 0.25) is 0 Å². The minimum absolute atomic E-state index is 0.552. The van der Waals surface area contributed by atoms with Crippen LogP contribution in [0.15, 0.2) is 10.6 Å². The number of hydrogen-bond acceptors (Lipinski definition) is 5. The largest absolute Gasteiger partial charge is 0.370 e. The Kier molecular flexibility index (Phi) is 4.94. The number of hydrogen-bond donors (Lipinski definition) is 1. The van der Waals surface area contributed by atoms with Gasteiger partial charge in [-0.1, -0.05) is 25.9 Å². The molecule has 0 fully saturated rings. The molecule has 0 saturated heterocycles. The molecule has 0 spiro atoms. The lowest BCUT2D eigenvalue weighted by Crippen LogP contribution is -2.07. The predicted molar refractivity (Wildman–Crippen MR) is 84.3 cm³/mol. The maximum absolute atomic E-state index is 5.24. The van der Waals surface area contributed by atoms with Crippen molar-refractivity contribution in [2.45, 2.75) is 47.5 Å². The first-order valence-corrected chi connectivity index (χ1v) is 7.56. The van der Waals surface area contributed by atoms with E-state index in [1.165, 1.54) is 0 Å². The number of rotatable bonds is 6. The molecule has 2 aromatic rings. The van der Waals surface area contributed by atoms with E-state index in [4.69, 9.17) is 9.51 Å². The number of aryl methyl sites for hydroxylation is 2. The van der Waals surface area contributed by atoms with Gasteiger partial charge >= 0.3 is 0 Å². The smallest absolute Gasteiger partial charge is 0.167 e. The molecule has 1 N–H and O–H groups in total. The van der Waals surface area contributed by atoms with Crippen LogP contribution in [-0.2, 0) is 6.42 Å². The van der Waals surface area contributed by atoms with Crippen molar-refractivity contribution < 1.29 is 4.52 Å². The van der Waals surface area contributed by atoms with Crippen molar-refractivity contribution in [2.75, 3.05) is 11.9 Å². The first-order chi connectivity index (χ1) is 10.0. The molecule has 0 amide bonds. The fourth-order valence-electron chi connectivity index (χ4n) is 2.28. The van der Waals surface area contributed by atoms with Crippen molar-refractivity contribution in [3.63, 3.8) is 0 Å². The van der Waals surface area contributed by atoms with Gasteiger partial charge in [0, 0.05) is 18.3 Å². The molecule has 0 aromatic carbocycles. The summed E-state index contributed by atoms with van der Waals surface area (Å²) in [4.78, 5) is 9.31. The van der Waals surface area contributed by atoms with E-state index in [2.05, 4.69) is 36.2 Å². The predicted octanol–water partition coefficient (Wildman–Crippen LogP) is 3.77. The minimum atomic E-state index is 0.552. The second-order valence-electron chi connectivity index (χ2n) is 5.79. The Morgan fingerprint density at radius 3 is 2.57 bits per heavy atom. The molecule has 0 aliphatic carbocycles. The SMILES string of the molecule is CCCNc1cc(CC(C)C)nc(-c2c(C)noc2C)n1. The Labute approximate surface area is 126 Å². The van der Waals surface area contributed by atoms with Gasteiger partial charge in [-0.2, -0.15) is 0 Å². The van der Waals surface area contributed by atoms with E-state index in [1.54, 1.807) is 0 Å². The molecule has 5 nitrogen and oxygen atoms in total. The van der Waals surface area contributed by atoms with Crippen LogP contribution < -0.4 is 5.32 Å². The molecule has 0 atom stereocenters.